The molecule has 0 bridgehead atoms. The van der Waals surface area contributed by atoms with Crippen molar-refractivity contribution in [1.82, 2.24) is 5.32 Å². The Morgan fingerprint density at radius 3 is 2.71 bits per heavy atom. The largest absolute Gasteiger partial charge is 0.394 e. The minimum absolute atomic E-state index is 0.107. The van der Waals surface area contributed by atoms with Crippen molar-refractivity contribution in [3.63, 3.8) is 0 Å². The van der Waals surface area contributed by atoms with Crippen LogP contribution in [0.4, 0.5) is 0 Å². The van der Waals surface area contributed by atoms with E-state index in [2.05, 4.69) is 37.4 Å². The topological polar surface area (TPSA) is 41.5 Å². The third kappa shape index (κ3) is 5.82. The normalized spacial score (nSPS) is 10.8. The number of ether oxygens (including phenoxy) is 1. The zero-order valence-corrected chi connectivity index (χ0v) is 10.8. The summed E-state index contributed by atoms with van der Waals surface area (Å²) in [6, 6.07) is 6.55. The lowest BCUT2D eigenvalue weighted by molar-refractivity contribution is 0.0907. The van der Waals surface area contributed by atoms with Crippen LogP contribution in [0.2, 0.25) is 0 Å². The van der Waals surface area contributed by atoms with Crippen molar-refractivity contribution < 1.29 is 9.84 Å². The number of aliphatic hydroxyl groups is 1. The molecule has 0 saturated heterocycles. The standard InChI is InChI=1S/C14H23NO2/c1-12-4-5-14(10-13(12)2)11-15-6-3-8-17-9-7-16/h4-5,10,15-16H,3,6-9,11H2,1-2H3. The van der Waals surface area contributed by atoms with Gasteiger partial charge in [0.15, 0.2) is 0 Å². The zero-order chi connectivity index (χ0) is 12.5. The molecule has 3 heteroatoms. The van der Waals surface area contributed by atoms with Crippen LogP contribution in [-0.2, 0) is 11.3 Å². The summed E-state index contributed by atoms with van der Waals surface area (Å²) < 4.78 is 5.18. The van der Waals surface area contributed by atoms with Crippen LogP contribution in [0.5, 0.6) is 0 Å². The molecular formula is C14H23NO2. The Bertz CT molecular complexity index is 326. The van der Waals surface area contributed by atoms with Gasteiger partial charge in [0.2, 0.25) is 0 Å². The van der Waals surface area contributed by atoms with E-state index in [-0.39, 0.29) is 6.61 Å². The van der Waals surface area contributed by atoms with E-state index in [1.807, 2.05) is 0 Å². The number of benzene rings is 1. The molecule has 2 N–H and O–H groups in total. The van der Waals surface area contributed by atoms with Crippen LogP contribution in [0.1, 0.15) is 23.1 Å². The molecule has 0 aliphatic heterocycles. The summed E-state index contributed by atoms with van der Waals surface area (Å²) in [5, 5.41) is 11.9. The van der Waals surface area contributed by atoms with Crippen LogP contribution < -0.4 is 5.32 Å². The van der Waals surface area contributed by atoms with Crippen LogP contribution in [-0.4, -0.2) is 31.5 Å². The maximum Gasteiger partial charge on any atom is 0.0697 e. The molecule has 0 unspecified atom stereocenters. The first kappa shape index (κ1) is 14.2. The minimum Gasteiger partial charge on any atom is -0.394 e. The summed E-state index contributed by atoms with van der Waals surface area (Å²) in [6.07, 6.45) is 0.977. The SMILES string of the molecule is Cc1ccc(CNCCCOCCO)cc1C. The van der Waals surface area contributed by atoms with Crippen molar-refractivity contribution in [2.45, 2.75) is 26.8 Å². The maximum atomic E-state index is 8.53. The van der Waals surface area contributed by atoms with E-state index >= 15 is 0 Å². The molecule has 0 aromatic heterocycles. The molecule has 1 aromatic carbocycles. The summed E-state index contributed by atoms with van der Waals surface area (Å²) >= 11 is 0. The molecule has 96 valence electrons. The van der Waals surface area contributed by atoms with E-state index in [1.165, 1.54) is 16.7 Å². The lowest BCUT2D eigenvalue weighted by Gasteiger charge is -2.07. The van der Waals surface area contributed by atoms with Crippen LogP contribution in [0.15, 0.2) is 18.2 Å². The van der Waals surface area contributed by atoms with Gasteiger partial charge in [-0.2, -0.15) is 0 Å². The zero-order valence-electron chi connectivity index (χ0n) is 10.8. The molecular weight excluding hydrogens is 214 g/mol. The van der Waals surface area contributed by atoms with Gasteiger partial charge < -0.3 is 15.2 Å². The van der Waals surface area contributed by atoms with E-state index in [0.717, 1.165) is 19.5 Å². The number of hydrogen-bond acceptors (Lipinski definition) is 3. The number of aryl methyl sites for hydroxylation is 2. The molecule has 0 aliphatic rings. The average molecular weight is 237 g/mol. The van der Waals surface area contributed by atoms with Crippen molar-refractivity contribution in [2.24, 2.45) is 0 Å². The number of rotatable bonds is 8. The summed E-state index contributed by atoms with van der Waals surface area (Å²) in [4.78, 5) is 0. The van der Waals surface area contributed by atoms with Gasteiger partial charge >= 0.3 is 0 Å². The molecule has 0 heterocycles. The summed E-state index contributed by atoms with van der Waals surface area (Å²) in [6.45, 7) is 7.37. The molecule has 0 fully saturated rings. The Kier molecular flexibility index (Phi) is 6.86. The van der Waals surface area contributed by atoms with Gasteiger partial charge in [-0.3, -0.25) is 0 Å². The van der Waals surface area contributed by atoms with Crippen molar-refractivity contribution in [3.8, 4) is 0 Å². The van der Waals surface area contributed by atoms with Gasteiger partial charge in [-0.15, -0.1) is 0 Å². The summed E-state index contributed by atoms with van der Waals surface area (Å²) in [5.41, 5.74) is 4.01. The van der Waals surface area contributed by atoms with Crippen molar-refractivity contribution in [3.05, 3.63) is 34.9 Å². The molecule has 1 aromatic rings. The van der Waals surface area contributed by atoms with Gasteiger partial charge in [0, 0.05) is 13.2 Å². The maximum absolute atomic E-state index is 8.53. The Hall–Kier alpha value is -0.900. The van der Waals surface area contributed by atoms with Crippen molar-refractivity contribution in [2.75, 3.05) is 26.4 Å². The third-order valence-corrected chi connectivity index (χ3v) is 2.78. The fourth-order valence-electron chi connectivity index (χ4n) is 1.61. The van der Waals surface area contributed by atoms with E-state index in [0.29, 0.717) is 13.2 Å². The molecule has 0 atom stereocenters. The Balaban J connectivity index is 2.11. The van der Waals surface area contributed by atoms with Crippen LogP contribution >= 0.6 is 0 Å². The second-order valence-corrected chi connectivity index (χ2v) is 4.28. The molecule has 17 heavy (non-hydrogen) atoms. The van der Waals surface area contributed by atoms with E-state index in [1.54, 1.807) is 0 Å². The van der Waals surface area contributed by atoms with Crippen molar-refractivity contribution >= 4 is 0 Å². The molecule has 0 aliphatic carbocycles. The minimum atomic E-state index is 0.107. The number of nitrogens with one attached hydrogen (secondary N) is 1. The molecule has 0 spiro atoms. The Labute approximate surface area is 104 Å². The van der Waals surface area contributed by atoms with Crippen LogP contribution in [0.25, 0.3) is 0 Å². The third-order valence-electron chi connectivity index (χ3n) is 2.78. The van der Waals surface area contributed by atoms with Gasteiger partial charge in [0.25, 0.3) is 0 Å². The number of aliphatic hydroxyl groups excluding tert-OH is 1. The first-order valence-corrected chi connectivity index (χ1v) is 6.19. The van der Waals surface area contributed by atoms with Gasteiger partial charge in [0.1, 0.15) is 0 Å². The first-order chi connectivity index (χ1) is 8.24. The van der Waals surface area contributed by atoms with Crippen LogP contribution in [0, 0.1) is 13.8 Å². The quantitative estimate of drug-likeness (QED) is 0.677. The average Bonchev–Trinajstić information content (AvgIpc) is 2.32. The highest BCUT2D eigenvalue weighted by atomic mass is 16.5. The molecule has 0 radical (unpaired) electrons. The highest BCUT2D eigenvalue weighted by Gasteiger charge is 1.96. The van der Waals surface area contributed by atoms with Gasteiger partial charge in [0.05, 0.1) is 13.2 Å². The van der Waals surface area contributed by atoms with Crippen molar-refractivity contribution in [1.29, 1.82) is 0 Å². The summed E-state index contributed by atoms with van der Waals surface area (Å²) in [7, 11) is 0. The first-order valence-electron chi connectivity index (χ1n) is 6.19. The smallest absolute Gasteiger partial charge is 0.0697 e. The Morgan fingerprint density at radius 1 is 1.18 bits per heavy atom. The van der Waals surface area contributed by atoms with E-state index in [9.17, 15) is 0 Å². The predicted molar refractivity (Wildman–Crippen MR) is 70.1 cm³/mol. The van der Waals surface area contributed by atoms with Gasteiger partial charge in [-0.25, -0.2) is 0 Å². The lowest BCUT2D eigenvalue weighted by atomic mass is 10.1. The summed E-state index contributed by atoms with van der Waals surface area (Å²) in [5.74, 6) is 0. The van der Waals surface area contributed by atoms with Gasteiger partial charge in [-0.05, 0) is 43.5 Å². The fraction of sp³-hybridized carbons (Fsp3) is 0.571. The molecule has 0 saturated carbocycles. The highest BCUT2D eigenvalue weighted by molar-refractivity contribution is 5.29. The lowest BCUT2D eigenvalue weighted by Crippen LogP contribution is -2.16. The predicted octanol–water partition coefficient (Wildman–Crippen LogP) is 1.79. The van der Waals surface area contributed by atoms with E-state index in [4.69, 9.17) is 9.84 Å². The van der Waals surface area contributed by atoms with E-state index < -0.39 is 0 Å². The molecule has 3 nitrogen and oxygen atoms in total. The molecule has 0 amide bonds. The molecule has 1 rings (SSSR count). The second-order valence-electron chi connectivity index (χ2n) is 4.28. The second kappa shape index (κ2) is 8.23. The Morgan fingerprint density at radius 2 is 2.00 bits per heavy atom. The highest BCUT2D eigenvalue weighted by Crippen LogP contribution is 2.09. The number of hydrogen-bond donors (Lipinski definition) is 2. The van der Waals surface area contributed by atoms with Gasteiger partial charge in [-0.1, -0.05) is 18.2 Å². The van der Waals surface area contributed by atoms with Crippen LogP contribution in [0.3, 0.4) is 0 Å². The monoisotopic (exact) mass is 237 g/mol. The fourth-order valence-corrected chi connectivity index (χ4v) is 1.61.